The SMILES string of the molecule is COC(=O)N[C@H](C(=O)N1[C@H](c2nc(-c3ccc(-c4cc5ccc4CCc4ccc(c(-c6ccc(-c7c[nH]c([C@@H]8C[C@@H]9CCCC[C@@H]9N8C(=O)[C@@H](NC(=O)OC)c8ccccc8)n7)cc6)c4)C[C@H]5C)cc3)c[nH]2)C[C@@H]2CCCC[C@@H]21)c1ccccc1. The van der Waals surface area contributed by atoms with Gasteiger partial charge in [-0.1, -0.05) is 178 Å². The Labute approximate surface area is 497 Å². The number of imidazole rings is 2. The number of aromatic nitrogens is 4. The van der Waals surface area contributed by atoms with Gasteiger partial charge in [-0.05, 0) is 131 Å². The lowest BCUT2D eigenvalue weighted by Gasteiger charge is -2.36. The minimum atomic E-state index is -0.885. The lowest BCUT2D eigenvalue weighted by atomic mass is 9.84. The Morgan fingerprint density at radius 2 is 0.988 bits per heavy atom. The van der Waals surface area contributed by atoms with Crippen LogP contribution in [0.5, 0.6) is 0 Å². The maximum atomic E-state index is 14.8. The molecule has 2 saturated heterocycles. The fraction of sp³-hybridized carbons (Fsp3) is 0.352. The number of nitrogens with zero attached hydrogens (tertiary/aromatic N) is 4. The highest BCUT2D eigenvalue weighted by molar-refractivity contribution is 5.89. The summed E-state index contributed by atoms with van der Waals surface area (Å²) in [6.07, 6.45) is 15.3. The van der Waals surface area contributed by atoms with E-state index in [1.807, 2.05) is 82.9 Å². The summed E-state index contributed by atoms with van der Waals surface area (Å²) in [5, 5.41) is 5.69. The van der Waals surface area contributed by atoms with Crippen molar-refractivity contribution in [2.75, 3.05) is 14.2 Å². The number of aryl methyl sites for hydroxylation is 2. The van der Waals surface area contributed by atoms with Gasteiger partial charge in [0.05, 0.1) is 37.7 Å². The summed E-state index contributed by atoms with van der Waals surface area (Å²) in [4.78, 5) is 76.3. The van der Waals surface area contributed by atoms with Crippen LogP contribution in [0, 0.1) is 11.8 Å². The van der Waals surface area contributed by atoms with Crippen molar-refractivity contribution in [1.29, 1.82) is 0 Å². The van der Waals surface area contributed by atoms with Gasteiger partial charge in [-0.3, -0.25) is 9.59 Å². The molecule has 8 aromatic rings. The van der Waals surface area contributed by atoms with Crippen molar-refractivity contribution in [3.63, 3.8) is 0 Å². The standard InChI is InChI=1S/C71H74N8O6/c1-43-36-53-25-23-44(37-56(53)46-26-31-48(32-27-46)58-41-72-66(74-58)62-39-54-18-10-12-20-60(54)78(62)68(80)64(76-70(82)84-2)50-14-6-4-7-15-50)22-24-45-30-35-52(43)38-57(45)47-28-33-49(34-29-47)59-42-73-67(75-59)63-40-55-19-11-13-21-61(55)79(63)69(81)65(77-71(83)85-3)51-16-8-5-9-17-51/h4-9,14-17,23,25-35,37-38,41-43,54-55,60-65H,10-13,18-22,24,36,39-40H2,1-3H3,(H,72,74)(H,73,75)(H,76,82)(H,77,83)/t43-,54+,55+,60+,61+,62+,63+,64+,65+/m1/s1. The van der Waals surface area contributed by atoms with Gasteiger partial charge in [0, 0.05) is 35.6 Å². The van der Waals surface area contributed by atoms with E-state index < -0.39 is 24.3 Å². The number of alkyl carbamates (subject to hydrolysis) is 2. The monoisotopic (exact) mass is 1130 g/mol. The Morgan fingerprint density at radius 3 is 1.48 bits per heavy atom. The molecule has 4 bridgehead atoms. The van der Waals surface area contributed by atoms with E-state index in [0.717, 1.165) is 129 Å². The van der Waals surface area contributed by atoms with Gasteiger partial charge >= 0.3 is 12.2 Å². The van der Waals surface area contributed by atoms with Gasteiger partial charge in [-0.25, -0.2) is 19.6 Å². The Bertz CT molecular complexity index is 3710. The fourth-order valence-corrected chi connectivity index (χ4v) is 14.9. The summed E-state index contributed by atoms with van der Waals surface area (Å²) in [6.45, 7) is 2.33. The molecule has 85 heavy (non-hydrogen) atoms. The molecule has 14 heteroatoms. The molecule has 0 spiro atoms. The van der Waals surface area contributed by atoms with Gasteiger partial charge in [-0.2, -0.15) is 0 Å². The van der Waals surface area contributed by atoms with E-state index in [2.05, 4.69) is 112 Å². The van der Waals surface area contributed by atoms with Crippen molar-refractivity contribution < 1.29 is 28.7 Å². The number of benzene rings is 6. The second-order valence-corrected chi connectivity index (χ2v) is 24.2. The first kappa shape index (κ1) is 55.4. The summed E-state index contributed by atoms with van der Waals surface area (Å²) in [7, 11) is 2.64. The number of methoxy groups -OCH3 is 2. The molecule has 4 heterocycles. The van der Waals surface area contributed by atoms with Gasteiger partial charge in [0.25, 0.3) is 11.8 Å². The molecule has 4 N–H and O–H groups in total. The van der Waals surface area contributed by atoms with Crippen LogP contribution in [0.2, 0.25) is 0 Å². The highest BCUT2D eigenvalue weighted by Crippen LogP contribution is 2.49. The third kappa shape index (κ3) is 11.1. The number of hydrogen-bond donors (Lipinski definition) is 4. The topological polar surface area (TPSA) is 175 Å². The normalized spacial score (nSPS) is 22.3. The second-order valence-electron chi connectivity index (χ2n) is 24.2. The van der Waals surface area contributed by atoms with E-state index in [0.29, 0.717) is 23.0 Å². The Morgan fingerprint density at radius 1 is 0.529 bits per heavy atom. The number of amides is 4. The second kappa shape index (κ2) is 24.1. The molecule has 0 unspecified atom stereocenters. The quantitative estimate of drug-likeness (QED) is 0.0935. The number of rotatable bonds is 12. The molecule has 4 amide bonds. The van der Waals surface area contributed by atoms with Gasteiger partial charge in [0.15, 0.2) is 0 Å². The predicted octanol–water partition coefficient (Wildman–Crippen LogP) is 14.1. The number of carbonyl (C=O) groups is 4. The first-order valence-electron chi connectivity index (χ1n) is 30.6. The van der Waals surface area contributed by atoms with Crippen LogP contribution in [0.1, 0.15) is 146 Å². The minimum Gasteiger partial charge on any atom is -0.453 e. The third-order valence-corrected chi connectivity index (χ3v) is 19.2. The van der Waals surface area contributed by atoms with Gasteiger partial charge in [-0.15, -0.1) is 0 Å². The fourth-order valence-electron chi connectivity index (χ4n) is 14.9. The van der Waals surface area contributed by atoms with Crippen LogP contribution in [0.4, 0.5) is 9.59 Å². The number of hydrogen-bond acceptors (Lipinski definition) is 8. The summed E-state index contributed by atoms with van der Waals surface area (Å²) >= 11 is 0. The average Bonchev–Trinajstić information content (AvgIpc) is 4.59. The van der Waals surface area contributed by atoms with Crippen LogP contribution in [-0.2, 0) is 38.3 Å². The first-order valence-corrected chi connectivity index (χ1v) is 30.6. The maximum Gasteiger partial charge on any atom is 0.407 e. The maximum absolute atomic E-state index is 14.8. The van der Waals surface area contributed by atoms with Crippen molar-refractivity contribution in [3.8, 4) is 44.8 Å². The van der Waals surface area contributed by atoms with Crippen molar-refractivity contribution in [1.82, 2.24) is 40.4 Å². The molecular weight excluding hydrogens is 1060 g/mol. The van der Waals surface area contributed by atoms with E-state index in [9.17, 15) is 19.2 Å². The highest BCUT2D eigenvalue weighted by Gasteiger charge is 2.50. The van der Waals surface area contributed by atoms with Crippen molar-refractivity contribution in [2.45, 2.75) is 133 Å². The van der Waals surface area contributed by atoms with E-state index in [1.54, 1.807) is 0 Å². The van der Waals surface area contributed by atoms with Gasteiger partial charge in [0.1, 0.15) is 23.7 Å². The molecule has 9 atom stereocenters. The lowest BCUT2D eigenvalue weighted by Crippen LogP contribution is -2.47. The summed E-state index contributed by atoms with van der Waals surface area (Å²) < 4.78 is 9.99. The largest absolute Gasteiger partial charge is 0.453 e. The van der Waals surface area contributed by atoms with Crippen LogP contribution in [0.3, 0.4) is 0 Å². The third-order valence-electron chi connectivity index (χ3n) is 19.2. The Kier molecular flexibility index (Phi) is 15.7. The van der Waals surface area contributed by atoms with Gasteiger partial charge in [0.2, 0.25) is 0 Å². The smallest absolute Gasteiger partial charge is 0.407 e. The van der Waals surface area contributed by atoms with E-state index in [1.165, 1.54) is 47.6 Å². The minimum absolute atomic E-state index is 0.0675. The van der Waals surface area contributed by atoms with Crippen LogP contribution in [0.15, 0.2) is 158 Å². The highest BCUT2D eigenvalue weighted by atomic mass is 16.5. The molecule has 2 aliphatic heterocycles. The van der Waals surface area contributed by atoms with Crippen molar-refractivity contribution in [2.24, 2.45) is 11.8 Å². The number of H-pyrrole nitrogens is 2. The van der Waals surface area contributed by atoms with Crippen LogP contribution >= 0.6 is 0 Å². The molecule has 8 aliphatic rings. The number of fused-ring (bicyclic) bond motifs is 2. The lowest BCUT2D eigenvalue weighted by molar-refractivity contribution is -0.138. The average molecular weight is 1140 g/mol. The zero-order valence-electron chi connectivity index (χ0n) is 48.6. The van der Waals surface area contributed by atoms with Crippen molar-refractivity contribution >= 4 is 24.0 Å². The van der Waals surface area contributed by atoms with E-state index >= 15 is 0 Å². The summed E-state index contributed by atoms with van der Waals surface area (Å²) in [5.74, 6) is 2.21. The van der Waals surface area contributed by atoms with E-state index in [-0.39, 0.29) is 41.9 Å². The van der Waals surface area contributed by atoms with Crippen LogP contribution < -0.4 is 10.6 Å². The van der Waals surface area contributed by atoms with Crippen LogP contribution in [0.25, 0.3) is 44.8 Å². The number of aromatic amines is 2. The zero-order chi connectivity index (χ0) is 58.1. The van der Waals surface area contributed by atoms with Crippen LogP contribution in [-0.4, -0.2) is 80.0 Å². The van der Waals surface area contributed by atoms with Gasteiger partial charge < -0.3 is 39.9 Å². The molecule has 2 saturated carbocycles. The molecule has 16 rings (SSSR count). The zero-order valence-corrected chi connectivity index (χ0v) is 48.6. The first-order chi connectivity index (χ1) is 41.6. The predicted molar refractivity (Wildman–Crippen MR) is 328 cm³/mol. The number of ether oxygens (including phenoxy) is 2. The number of likely N-dealkylation sites (tertiary alicyclic amines) is 2. The molecule has 434 valence electrons. The molecule has 0 radical (unpaired) electrons. The van der Waals surface area contributed by atoms with Crippen molar-refractivity contribution in [3.05, 3.63) is 203 Å². The number of carbonyl (C=O) groups excluding carboxylic acids is 4. The summed E-state index contributed by atoms with van der Waals surface area (Å²) in [6, 6.07) is 48.3. The summed E-state index contributed by atoms with van der Waals surface area (Å²) in [5.41, 5.74) is 15.1. The molecule has 14 nitrogen and oxygen atoms in total. The molecule has 2 aromatic heterocycles. The Hall–Kier alpha value is -8.78. The molecule has 4 fully saturated rings. The molecule has 6 aliphatic carbocycles. The van der Waals surface area contributed by atoms with E-state index in [4.69, 9.17) is 19.4 Å². The number of nitrogens with one attached hydrogen (secondary N) is 4. The Balaban J connectivity index is 0.714. The molecular formula is C71H74N8O6. The molecule has 6 aromatic carbocycles.